The summed E-state index contributed by atoms with van der Waals surface area (Å²) in [6.45, 7) is 3.51. The molecule has 1 amide bonds. The molecule has 26 heavy (non-hydrogen) atoms. The van der Waals surface area contributed by atoms with Crippen molar-refractivity contribution in [2.45, 2.75) is 25.9 Å². The summed E-state index contributed by atoms with van der Waals surface area (Å²) in [5.74, 6) is 0.599. The third kappa shape index (κ3) is 4.89. The van der Waals surface area contributed by atoms with Gasteiger partial charge in [-0.2, -0.15) is 0 Å². The number of aryl methyl sites for hydroxylation is 1. The molecule has 1 aliphatic heterocycles. The van der Waals surface area contributed by atoms with Crippen LogP contribution in [0.25, 0.3) is 0 Å². The van der Waals surface area contributed by atoms with Gasteiger partial charge >= 0.3 is 0 Å². The molecular weight excluding hydrogens is 337 g/mol. The van der Waals surface area contributed by atoms with Crippen LogP contribution in [-0.2, 0) is 22.5 Å². The number of nitrogens with one attached hydrogen (secondary N) is 1. The molecule has 0 aliphatic carbocycles. The fourth-order valence-corrected chi connectivity index (χ4v) is 3.20. The van der Waals surface area contributed by atoms with Crippen molar-refractivity contribution in [2.75, 3.05) is 26.8 Å². The zero-order chi connectivity index (χ0) is 18.5. The summed E-state index contributed by atoms with van der Waals surface area (Å²) in [5, 5.41) is 6.92. The van der Waals surface area contributed by atoms with Crippen molar-refractivity contribution in [3.63, 3.8) is 0 Å². The smallest absolute Gasteiger partial charge is 0.234 e. The Hall–Kier alpha value is -2.25. The molecule has 0 bridgehead atoms. The lowest BCUT2D eigenvalue weighted by Crippen LogP contribution is -2.44. The number of halogens is 1. The molecule has 0 radical (unpaired) electrons. The van der Waals surface area contributed by atoms with E-state index in [-0.39, 0.29) is 30.2 Å². The maximum atomic E-state index is 13.7. The Morgan fingerprint density at radius 2 is 2.19 bits per heavy atom. The van der Waals surface area contributed by atoms with Gasteiger partial charge in [-0.3, -0.25) is 9.69 Å². The molecule has 1 saturated heterocycles. The van der Waals surface area contributed by atoms with Crippen LogP contribution in [0.2, 0.25) is 0 Å². The van der Waals surface area contributed by atoms with Gasteiger partial charge in [-0.15, -0.1) is 0 Å². The minimum Gasteiger partial charge on any atom is -0.379 e. The number of carbonyl (C=O) groups excluding carboxylic acids is 1. The highest BCUT2D eigenvalue weighted by Gasteiger charge is 2.30. The maximum absolute atomic E-state index is 13.7. The van der Waals surface area contributed by atoms with Crippen LogP contribution >= 0.6 is 0 Å². The van der Waals surface area contributed by atoms with Crippen molar-refractivity contribution in [2.24, 2.45) is 5.92 Å². The van der Waals surface area contributed by atoms with Gasteiger partial charge in [-0.25, -0.2) is 4.39 Å². The van der Waals surface area contributed by atoms with E-state index in [9.17, 15) is 9.18 Å². The van der Waals surface area contributed by atoms with Gasteiger partial charge in [0, 0.05) is 30.5 Å². The Morgan fingerprint density at radius 3 is 2.92 bits per heavy atom. The van der Waals surface area contributed by atoms with Gasteiger partial charge in [0.25, 0.3) is 0 Å². The first-order valence-electron chi connectivity index (χ1n) is 8.72. The van der Waals surface area contributed by atoms with Crippen LogP contribution < -0.4 is 5.32 Å². The molecule has 1 aromatic heterocycles. The molecule has 2 heterocycles. The molecule has 2 atom stereocenters. The molecular formula is C19H24FN3O3. The van der Waals surface area contributed by atoms with E-state index in [1.54, 1.807) is 30.1 Å². The number of benzene rings is 1. The van der Waals surface area contributed by atoms with Gasteiger partial charge < -0.3 is 14.6 Å². The highest BCUT2D eigenvalue weighted by atomic mass is 19.1. The Morgan fingerprint density at radius 1 is 1.38 bits per heavy atom. The minimum atomic E-state index is -0.258. The normalized spacial score (nSPS) is 19.8. The van der Waals surface area contributed by atoms with Crippen molar-refractivity contribution in [1.82, 2.24) is 15.4 Å². The third-order valence-electron chi connectivity index (χ3n) is 4.50. The van der Waals surface area contributed by atoms with Crippen LogP contribution in [0.1, 0.15) is 17.0 Å². The monoisotopic (exact) mass is 361 g/mol. The van der Waals surface area contributed by atoms with E-state index in [4.69, 9.17) is 9.26 Å². The second-order valence-electron chi connectivity index (χ2n) is 6.87. The van der Waals surface area contributed by atoms with Crippen LogP contribution in [0.3, 0.4) is 0 Å². The Balaban J connectivity index is 1.49. The van der Waals surface area contributed by atoms with E-state index in [0.29, 0.717) is 31.7 Å². The van der Waals surface area contributed by atoms with Crippen molar-refractivity contribution >= 4 is 5.91 Å². The standard InChI is InChI=1S/C19H24FN3O3/c1-13-7-16(26-22-13)8-15-11-25-12-18(15)21-19(24)10-23(2)9-14-5-3-4-6-17(14)20/h3-7,15,18H,8-12H2,1-2H3,(H,21,24). The molecule has 1 aliphatic rings. The quantitative estimate of drug-likeness (QED) is 0.816. The SMILES string of the molecule is Cc1cc(CC2COCC2NC(=O)CN(C)Cc2ccccc2F)on1. The van der Waals surface area contributed by atoms with Crippen molar-refractivity contribution in [3.8, 4) is 0 Å². The fourth-order valence-electron chi connectivity index (χ4n) is 3.20. The summed E-state index contributed by atoms with van der Waals surface area (Å²) in [6, 6.07) is 8.44. The molecule has 3 rings (SSSR count). The number of carbonyl (C=O) groups is 1. The number of ether oxygens (including phenoxy) is 1. The number of hydrogen-bond donors (Lipinski definition) is 1. The first kappa shape index (κ1) is 18.5. The van der Waals surface area contributed by atoms with E-state index in [2.05, 4.69) is 10.5 Å². The number of likely N-dealkylation sites (N-methyl/N-ethyl adjacent to an activating group) is 1. The number of hydrogen-bond acceptors (Lipinski definition) is 5. The average Bonchev–Trinajstić information content (AvgIpc) is 3.19. The number of aromatic nitrogens is 1. The van der Waals surface area contributed by atoms with Crippen LogP contribution in [0, 0.1) is 18.7 Å². The van der Waals surface area contributed by atoms with E-state index in [1.807, 2.05) is 13.0 Å². The molecule has 1 N–H and O–H groups in total. The van der Waals surface area contributed by atoms with Gasteiger partial charge in [0.1, 0.15) is 11.6 Å². The predicted molar refractivity (Wildman–Crippen MR) is 93.9 cm³/mol. The van der Waals surface area contributed by atoms with E-state index in [0.717, 1.165) is 11.5 Å². The summed E-state index contributed by atoms with van der Waals surface area (Å²) >= 11 is 0. The van der Waals surface area contributed by atoms with Gasteiger partial charge in [0.2, 0.25) is 5.91 Å². The van der Waals surface area contributed by atoms with Crippen LogP contribution in [0.4, 0.5) is 4.39 Å². The summed E-state index contributed by atoms with van der Waals surface area (Å²) in [6.07, 6.45) is 0.677. The molecule has 2 unspecified atom stereocenters. The molecule has 0 saturated carbocycles. The first-order valence-corrected chi connectivity index (χ1v) is 8.72. The van der Waals surface area contributed by atoms with Gasteiger partial charge in [-0.05, 0) is 20.0 Å². The first-order chi connectivity index (χ1) is 12.5. The fraction of sp³-hybridized carbons (Fsp3) is 0.474. The Bertz CT molecular complexity index is 749. The lowest BCUT2D eigenvalue weighted by Gasteiger charge is -2.21. The topological polar surface area (TPSA) is 67.6 Å². The van der Waals surface area contributed by atoms with Crippen molar-refractivity contribution in [3.05, 3.63) is 53.2 Å². The van der Waals surface area contributed by atoms with Crippen molar-refractivity contribution in [1.29, 1.82) is 0 Å². The third-order valence-corrected chi connectivity index (χ3v) is 4.50. The predicted octanol–water partition coefficient (Wildman–Crippen LogP) is 1.93. The van der Waals surface area contributed by atoms with Crippen LogP contribution in [-0.4, -0.2) is 48.8 Å². The van der Waals surface area contributed by atoms with Crippen molar-refractivity contribution < 1.29 is 18.4 Å². The highest BCUT2D eigenvalue weighted by Crippen LogP contribution is 2.20. The second kappa shape index (κ2) is 8.42. The number of nitrogens with zero attached hydrogens (tertiary/aromatic N) is 2. The molecule has 7 heteroatoms. The summed E-state index contributed by atoms with van der Waals surface area (Å²) < 4.78 is 24.5. The van der Waals surface area contributed by atoms with Gasteiger partial charge in [0.15, 0.2) is 0 Å². The molecule has 1 aromatic carbocycles. The van der Waals surface area contributed by atoms with E-state index >= 15 is 0 Å². The second-order valence-corrected chi connectivity index (χ2v) is 6.87. The van der Waals surface area contributed by atoms with E-state index in [1.165, 1.54) is 6.07 Å². The zero-order valence-electron chi connectivity index (χ0n) is 15.1. The lowest BCUT2D eigenvalue weighted by molar-refractivity contribution is -0.123. The zero-order valence-corrected chi connectivity index (χ0v) is 15.1. The van der Waals surface area contributed by atoms with Crippen LogP contribution in [0.5, 0.6) is 0 Å². The van der Waals surface area contributed by atoms with Gasteiger partial charge in [-0.1, -0.05) is 23.4 Å². The molecule has 2 aromatic rings. The summed E-state index contributed by atoms with van der Waals surface area (Å²) in [5.41, 5.74) is 1.42. The maximum Gasteiger partial charge on any atom is 0.234 e. The van der Waals surface area contributed by atoms with Crippen LogP contribution in [0.15, 0.2) is 34.9 Å². The number of amides is 1. The summed E-state index contributed by atoms with van der Waals surface area (Å²) in [7, 11) is 1.80. The number of rotatable bonds is 7. The average molecular weight is 361 g/mol. The minimum absolute atomic E-state index is 0.0604. The highest BCUT2D eigenvalue weighted by molar-refractivity contribution is 5.78. The Labute approximate surface area is 152 Å². The molecule has 0 spiro atoms. The molecule has 6 nitrogen and oxygen atoms in total. The molecule has 1 fully saturated rings. The molecule has 140 valence electrons. The Kier molecular flexibility index (Phi) is 6.00. The lowest BCUT2D eigenvalue weighted by atomic mass is 9.98. The van der Waals surface area contributed by atoms with Gasteiger partial charge in [0.05, 0.1) is 31.5 Å². The summed E-state index contributed by atoms with van der Waals surface area (Å²) in [4.78, 5) is 14.1. The van der Waals surface area contributed by atoms with E-state index < -0.39 is 0 Å². The largest absolute Gasteiger partial charge is 0.379 e.